The summed E-state index contributed by atoms with van der Waals surface area (Å²) in [5.74, 6) is 0. The zero-order chi connectivity index (χ0) is 13.1. The Morgan fingerprint density at radius 3 is 2.79 bits per heavy atom. The number of hydrogen-bond donors (Lipinski definition) is 1. The molecule has 104 valence electrons. The predicted molar refractivity (Wildman–Crippen MR) is 75.8 cm³/mol. The average molecular weight is 262 g/mol. The van der Waals surface area contributed by atoms with Crippen molar-refractivity contribution >= 4 is 0 Å². The lowest BCUT2D eigenvalue weighted by Crippen LogP contribution is -2.47. The number of piperidine rings is 1. The van der Waals surface area contributed by atoms with Gasteiger partial charge >= 0.3 is 0 Å². The van der Waals surface area contributed by atoms with Crippen LogP contribution in [0.4, 0.5) is 4.39 Å². The average Bonchev–Trinajstić information content (AvgIpc) is 3.17. The van der Waals surface area contributed by atoms with Crippen LogP contribution in [-0.4, -0.2) is 36.2 Å². The Morgan fingerprint density at radius 2 is 2.05 bits per heavy atom. The van der Waals surface area contributed by atoms with Crippen LogP contribution in [0.1, 0.15) is 31.2 Å². The quantitative estimate of drug-likeness (QED) is 0.878. The van der Waals surface area contributed by atoms with Crippen LogP contribution in [0.25, 0.3) is 0 Å². The highest BCUT2D eigenvalue weighted by molar-refractivity contribution is 5.14. The minimum Gasteiger partial charge on any atom is -0.310 e. The van der Waals surface area contributed by atoms with Crippen molar-refractivity contribution < 1.29 is 4.39 Å². The zero-order valence-electron chi connectivity index (χ0n) is 11.4. The molecule has 1 aromatic carbocycles. The summed E-state index contributed by atoms with van der Waals surface area (Å²) in [6.07, 6.45) is 3.89. The topological polar surface area (TPSA) is 15.3 Å². The summed E-state index contributed by atoms with van der Waals surface area (Å²) in [5, 5.41) is 3.42. The summed E-state index contributed by atoms with van der Waals surface area (Å²) in [5.41, 5.74) is 0.495. The van der Waals surface area contributed by atoms with Gasteiger partial charge in [0, 0.05) is 25.7 Å². The Morgan fingerprint density at radius 1 is 1.26 bits per heavy atom. The lowest BCUT2D eigenvalue weighted by Gasteiger charge is -2.33. The first-order valence-electron chi connectivity index (χ1n) is 7.42. The molecule has 0 aromatic heterocycles. The highest BCUT2D eigenvalue weighted by Gasteiger charge is 2.43. The van der Waals surface area contributed by atoms with Gasteiger partial charge in [0.2, 0.25) is 0 Å². The van der Waals surface area contributed by atoms with Gasteiger partial charge in [-0.05, 0) is 37.8 Å². The first-order chi connectivity index (χ1) is 9.23. The van der Waals surface area contributed by atoms with Crippen LogP contribution in [0.3, 0.4) is 0 Å². The molecular formula is C16H23FN2. The molecule has 1 aliphatic heterocycles. The summed E-state index contributed by atoms with van der Waals surface area (Å²) >= 11 is 0. The van der Waals surface area contributed by atoms with Gasteiger partial charge in [-0.1, -0.05) is 30.3 Å². The van der Waals surface area contributed by atoms with E-state index in [9.17, 15) is 4.39 Å². The summed E-state index contributed by atoms with van der Waals surface area (Å²) < 4.78 is 13.6. The van der Waals surface area contributed by atoms with Gasteiger partial charge in [-0.15, -0.1) is 0 Å². The van der Waals surface area contributed by atoms with Crippen molar-refractivity contribution in [1.29, 1.82) is 0 Å². The van der Waals surface area contributed by atoms with Crippen LogP contribution < -0.4 is 5.32 Å². The van der Waals surface area contributed by atoms with E-state index >= 15 is 0 Å². The molecule has 1 saturated carbocycles. The molecule has 2 nitrogen and oxygen atoms in total. The third-order valence-corrected chi connectivity index (χ3v) is 4.25. The van der Waals surface area contributed by atoms with E-state index in [2.05, 4.69) is 40.5 Å². The van der Waals surface area contributed by atoms with Gasteiger partial charge in [-0.25, -0.2) is 4.39 Å². The molecule has 1 saturated heterocycles. The van der Waals surface area contributed by atoms with Gasteiger partial charge in [0.1, 0.15) is 5.67 Å². The predicted octanol–water partition coefficient (Wildman–Crippen LogP) is 2.74. The second kappa shape index (κ2) is 5.59. The monoisotopic (exact) mass is 262 g/mol. The van der Waals surface area contributed by atoms with E-state index < -0.39 is 5.67 Å². The highest BCUT2D eigenvalue weighted by Crippen LogP contribution is 2.39. The van der Waals surface area contributed by atoms with Crippen molar-refractivity contribution in [3.63, 3.8) is 0 Å². The Balaban J connectivity index is 1.47. The molecule has 0 amide bonds. The van der Waals surface area contributed by atoms with Crippen LogP contribution in [0.2, 0.25) is 0 Å². The maximum Gasteiger partial charge on any atom is 0.123 e. The van der Waals surface area contributed by atoms with Crippen molar-refractivity contribution in [3.05, 3.63) is 35.9 Å². The number of hydrogen-bond acceptors (Lipinski definition) is 2. The van der Waals surface area contributed by atoms with Gasteiger partial charge in [0.05, 0.1) is 0 Å². The van der Waals surface area contributed by atoms with Gasteiger partial charge in [0.15, 0.2) is 0 Å². The molecule has 1 aliphatic carbocycles. The summed E-state index contributed by atoms with van der Waals surface area (Å²) in [6, 6.07) is 11.1. The van der Waals surface area contributed by atoms with Crippen LogP contribution in [0, 0.1) is 0 Å². The molecule has 1 heterocycles. The number of likely N-dealkylation sites (tertiary alicyclic amines) is 1. The first kappa shape index (κ1) is 13.1. The second-order valence-electron chi connectivity index (χ2n) is 6.09. The van der Waals surface area contributed by atoms with Crippen LogP contribution in [-0.2, 0) is 6.54 Å². The molecule has 0 radical (unpaired) electrons. The van der Waals surface area contributed by atoms with E-state index in [1.165, 1.54) is 18.4 Å². The van der Waals surface area contributed by atoms with Gasteiger partial charge in [-0.2, -0.15) is 0 Å². The van der Waals surface area contributed by atoms with Crippen molar-refractivity contribution in [2.75, 3.05) is 19.6 Å². The molecule has 0 spiro atoms. The Labute approximate surface area is 115 Å². The van der Waals surface area contributed by atoms with Gasteiger partial charge in [0.25, 0.3) is 0 Å². The number of nitrogens with zero attached hydrogens (tertiary/aromatic N) is 1. The molecule has 1 atom stereocenters. The van der Waals surface area contributed by atoms with E-state index in [-0.39, 0.29) is 0 Å². The van der Waals surface area contributed by atoms with Crippen molar-refractivity contribution in [2.24, 2.45) is 0 Å². The van der Waals surface area contributed by atoms with Crippen molar-refractivity contribution in [1.82, 2.24) is 10.2 Å². The third kappa shape index (κ3) is 3.77. The molecule has 2 aliphatic rings. The fraction of sp³-hybridized carbons (Fsp3) is 0.625. The summed E-state index contributed by atoms with van der Waals surface area (Å²) in [6.45, 7) is 3.77. The lowest BCUT2D eigenvalue weighted by atomic mass is 10.0. The smallest absolute Gasteiger partial charge is 0.123 e. The molecular weight excluding hydrogens is 239 g/mol. The minimum absolute atomic E-state index is 0.464. The number of nitrogens with one attached hydrogen (secondary N) is 1. The number of halogens is 1. The molecule has 1 N–H and O–H groups in total. The second-order valence-corrected chi connectivity index (χ2v) is 6.09. The van der Waals surface area contributed by atoms with Crippen molar-refractivity contribution in [3.8, 4) is 0 Å². The van der Waals surface area contributed by atoms with Crippen LogP contribution in [0.5, 0.6) is 0 Å². The molecule has 0 unspecified atom stereocenters. The highest BCUT2D eigenvalue weighted by atomic mass is 19.1. The molecule has 3 heteroatoms. The van der Waals surface area contributed by atoms with E-state index in [4.69, 9.17) is 0 Å². The molecule has 1 aromatic rings. The number of alkyl halides is 1. The standard InChI is InChI=1S/C16H23FN2/c17-16(8-9-16)13-18-15-7-4-10-19(12-15)11-14-5-2-1-3-6-14/h1-3,5-6,15,18H,4,7-13H2/t15-/m1/s1. The lowest BCUT2D eigenvalue weighted by molar-refractivity contribution is 0.172. The number of rotatable bonds is 5. The third-order valence-electron chi connectivity index (χ3n) is 4.25. The normalized spacial score (nSPS) is 26.3. The maximum absolute atomic E-state index is 13.6. The minimum atomic E-state index is -0.873. The maximum atomic E-state index is 13.6. The Hall–Kier alpha value is -0.930. The van der Waals surface area contributed by atoms with Crippen LogP contribution in [0.15, 0.2) is 30.3 Å². The summed E-state index contributed by atoms with van der Waals surface area (Å²) in [4.78, 5) is 2.48. The Bertz CT molecular complexity index is 402. The van der Waals surface area contributed by atoms with E-state index in [0.29, 0.717) is 12.6 Å². The van der Waals surface area contributed by atoms with E-state index in [1.54, 1.807) is 0 Å². The van der Waals surface area contributed by atoms with Gasteiger partial charge in [-0.3, -0.25) is 4.90 Å². The molecule has 0 bridgehead atoms. The molecule has 3 rings (SSSR count). The van der Waals surface area contributed by atoms with Crippen LogP contribution >= 0.6 is 0 Å². The number of benzene rings is 1. The fourth-order valence-corrected chi connectivity index (χ4v) is 2.85. The molecule has 19 heavy (non-hydrogen) atoms. The van der Waals surface area contributed by atoms with Crippen molar-refractivity contribution in [2.45, 2.75) is 43.9 Å². The molecule has 2 fully saturated rings. The Kier molecular flexibility index (Phi) is 3.85. The largest absolute Gasteiger partial charge is 0.310 e. The van der Waals surface area contributed by atoms with E-state index in [1.807, 2.05) is 0 Å². The fourth-order valence-electron chi connectivity index (χ4n) is 2.85. The first-order valence-corrected chi connectivity index (χ1v) is 7.42. The SMILES string of the molecule is FC1(CN[C@@H]2CCCN(Cc3ccccc3)C2)CC1. The summed E-state index contributed by atoms with van der Waals surface area (Å²) in [7, 11) is 0. The zero-order valence-corrected chi connectivity index (χ0v) is 11.4. The van der Waals surface area contributed by atoms with E-state index in [0.717, 1.165) is 32.5 Å². The van der Waals surface area contributed by atoms with Gasteiger partial charge < -0.3 is 5.32 Å².